The predicted molar refractivity (Wildman–Crippen MR) is 95.6 cm³/mol. The number of aryl methyl sites for hydroxylation is 1. The molecular weight excluding hydrogens is 421 g/mol. The van der Waals surface area contributed by atoms with E-state index in [1.165, 1.54) is 0 Å². The third-order valence-electron chi connectivity index (χ3n) is 4.28. The first-order chi connectivity index (χ1) is 12.6. The Morgan fingerprint density at radius 3 is 2.04 bits per heavy atom. The molecule has 0 aliphatic heterocycles. The maximum atomic E-state index is 12.1. The summed E-state index contributed by atoms with van der Waals surface area (Å²) in [4.78, 5) is 22.7. The molecule has 1 aliphatic carbocycles. The van der Waals surface area contributed by atoms with Crippen LogP contribution in [0.15, 0.2) is 24.3 Å². The molecule has 152 valence electrons. The van der Waals surface area contributed by atoms with Crippen molar-refractivity contribution in [2.75, 3.05) is 6.54 Å². The maximum absolute atomic E-state index is 12.1. The average molecular weight is 447 g/mol. The minimum atomic E-state index is -5.12. The van der Waals surface area contributed by atoms with Crippen molar-refractivity contribution in [3.63, 3.8) is 0 Å². The SMILES string of the molecule is NCC1CCC(C(=O)Oc2ccc(CCC(=O)O)cc2)CC1.O=[As](O)(O)O. The number of carbonyl (C=O) groups is 2. The molecule has 1 aliphatic rings. The molecule has 1 aromatic rings. The van der Waals surface area contributed by atoms with Crippen molar-refractivity contribution in [3.05, 3.63) is 29.8 Å². The van der Waals surface area contributed by atoms with Crippen LogP contribution in [0.5, 0.6) is 5.75 Å². The van der Waals surface area contributed by atoms with Crippen LogP contribution in [-0.4, -0.2) is 50.4 Å². The van der Waals surface area contributed by atoms with Crippen LogP contribution in [0.1, 0.15) is 37.7 Å². The van der Waals surface area contributed by atoms with Gasteiger partial charge < -0.3 is 15.6 Å². The second-order valence-corrected chi connectivity index (χ2v) is 8.58. The summed E-state index contributed by atoms with van der Waals surface area (Å²) in [6, 6.07) is 7.05. The first kappa shape index (κ1) is 23.4. The normalized spacial score (nSPS) is 19.6. The number of carbonyl (C=O) groups excluding carboxylic acids is 1. The zero-order valence-electron chi connectivity index (χ0n) is 14.9. The van der Waals surface area contributed by atoms with Crippen molar-refractivity contribution in [1.29, 1.82) is 0 Å². The van der Waals surface area contributed by atoms with E-state index < -0.39 is 20.5 Å². The van der Waals surface area contributed by atoms with Crippen molar-refractivity contribution in [2.45, 2.75) is 38.5 Å². The number of hydrogen-bond acceptors (Lipinski definition) is 5. The van der Waals surface area contributed by atoms with Crippen molar-refractivity contribution < 1.29 is 35.5 Å². The first-order valence-corrected chi connectivity index (χ1v) is 11.9. The van der Waals surface area contributed by atoms with E-state index in [0.717, 1.165) is 31.2 Å². The summed E-state index contributed by atoms with van der Waals surface area (Å²) in [7, 11) is 0. The summed E-state index contributed by atoms with van der Waals surface area (Å²) in [6.07, 6.45) is 4.25. The number of esters is 1. The number of hydrogen-bond donors (Lipinski definition) is 5. The van der Waals surface area contributed by atoms with Crippen LogP contribution in [0.3, 0.4) is 0 Å². The first-order valence-electron chi connectivity index (χ1n) is 8.59. The second kappa shape index (κ2) is 11.3. The molecule has 0 unspecified atom stereocenters. The molecule has 1 saturated carbocycles. The fourth-order valence-electron chi connectivity index (χ4n) is 2.81. The number of carboxylic acid groups (broad SMARTS) is 1. The number of ether oxygens (including phenoxy) is 1. The van der Waals surface area contributed by atoms with Crippen LogP contribution in [0.4, 0.5) is 0 Å². The van der Waals surface area contributed by atoms with E-state index in [0.29, 0.717) is 24.6 Å². The molecular formula is C17H26AsNO8. The standard InChI is InChI=1S/C17H23NO4.AsH3O4/c18-11-13-1-6-14(7-2-13)17(21)22-15-8-3-12(4-9-15)5-10-16(19)20;2-1(3,4)5/h3-4,8-9,13-14H,1-2,5-7,10-11,18H2,(H,19,20);(H3,2,3,4,5). The molecule has 2 rings (SSSR count). The quantitative estimate of drug-likeness (QED) is 0.233. The zero-order valence-corrected chi connectivity index (χ0v) is 16.7. The van der Waals surface area contributed by atoms with Gasteiger partial charge in [-0.2, -0.15) is 0 Å². The Morgan fingerprint density at radius 1 is 1.07 bits per heavy atom. The molecule has 9 nitrogen and oxygen atoms in total. The van der Waals surface area contributed by atoms with Crippen LogP contribution in [0, 0.1) is 11.8 Å². The zero-order chi connectivity index (χ0) is 20.4. The van der Waals surface area contributed by atoms with Crippen LogP contribution in [0.2, 0.25) is 0 Å². The molecule has 27 heavy (non-hydrogen) atoms. The van der Waals surface area contributed by atoms with Gasteiger partial charge in [0.05, 0.1) is 5.92 Å². The van der Waals surface area contributed by atoms with E-state index in [2.05, 4.69) is 0 Å². The molecule has 0 heterocycles. The number of carboxylic acids is 1. The molecule has 1 fully saturated rings. The Bertz CT molecular complexity index is 641. The molecule has 0 atom stereocenters. The van der Waals surface area contributed by atoms with Gasteiger partial charge in [0.1, 0.15) is 5.75 Å². The van der Waals surface area contributed by atoms with Gasteiger partial charge in [-0.25, -0.2) is 0 Å². The third kappa shape index (κ3) is 10.9. The van der Waals surface area contributed by atoms with Gasteiger partial charge in [0.2, 0.25) is 0 Å². The Morgan fingerprint density at radius 2 is 1.59 bits per heavy atom. The Labute approximate surface area is 160 Å². The van der Waals surface area contributed by atoms with Crippen LogP contribution in [-0.2, 0) is 19.7 Å². The molecule has 0 radical (unpaired) electrons. The number of benzene rings is 1. The summed E-state index contributed by atoms with van der Waals surface area (Å²) in [5, 5.41) is 8.65. The van der Waals surface area contributed by atoms with E-state index >= 15 is 0 Å². The second-order valence-electron chi connectivity index (χ2n) is 6.43. The van der Waals surface area contributed by atoms with Crippen LogP contribution >= 0.6 is 0 Å². The van der Waals surface area contributed by atoms with Crippen LogP contribution < -0.4 is 10.5 Å². The van der Waals surface area contributed by atoms with Gasteiger partial charge in [0, 0.05) is 6.42 Å². The van der Waals surface area contributed by atoms with E-state index in [-0.39, 0.29) is 18.3 Å². The molecule has 0 spiro atoms. The summed E-state index contributed by atoms with van der Waals surface area (Å²) in [6.45, 7) is 0.694. The fraction of sp³-hybridized carbons (Fsp3) is 0.529. The van der Waals surface area contributed by atoms with Gasteiger partial charge in [-0.05, 0) is 62.3 Å². The molecule has 0 bridgehead atoms. The average Bonchev–Trinajstić information content (AvgIpc) is 2.59. The predicted octanol–water partition coefficient (Wildman–Crippen LogP) is 0.204. The van der Waals surface area contributed by atoms with E-state index in [1.807, 2.05) is 0 Å². The van der Waals surface area contributed by atoms with Crippen molar-refractivity contribution >= 4 is 26.5 Å². The van der Waals surface area contributed by atoms with Gasteiger partial charge in [-0.15, -0.1) is 0 Å². The topological polar surface area (TPSA) is 167 Å². The van der Waals surface area contributed by atoms with E-state index in [1.54, 1.807) is 24.3 Å². The van der Waals surface area contributed by atoms with Crippen molar-refractivity contribution in [2.24, 2.45) is 17.6 Å². The fourth-order valence-corrected chi connectivity index (χ4v) is 2.81. The number of nitrogens with two attached hydrogens (primary N) is 1. The van der Waals surface area contributed by atoms with Gasteiger partial charge in [0.25, 0.3) is 0 Å². The molecule has 0 amide bonds. The van der Waals surface area contributed by atoms with Gasteiger partial charge in [0.15, 0.2) is 0 Å². The van der Waals surface area contributed by atoms with E-state index in [4.69, 9.17) is 31.6 Å². The van der Waals surface area contributed by atoms with E-state index in [9.17, 15) is 9.59 Å². The molecule has 1 aromatic carbocycles. The third-order valence-corrected chi connectivity index (χ3v) is 4.28. The number of aliphatic carboxylic acids is 1. The van der Waals surface area contributed by atoms with Gasteiger partial charge in [-0.3, -0.25) is 9.59 Å². The Hall–Kier alpha value is -1.64. The van der Waals surface area contributed by atoms with Crippen molar-refractivity contribution in [1.82, 2.24) is 0 Å². The molecule has 0 saturated heterocycles. The summed E-state index contributed by atoms with van der Waals surface area (Å²) in [5.41, 5.74) is 6.57. The summed E-state index contributed by atoms with van der Waals surface area (Å²) < 4.78 is 36.1. The van der Waals surface area contributed by atoms with Crippen LogP contribution in [0.25, 0.3) is 0 Å². The number of rotatable bonds is 6. The monoisotopic (exact) mass is 447 g/mol. The molecule has 6 N–H and O–H groups in total. The van der Waals surface area contributed by atoms with Gasteiger partial charge >= 0.3 is 42.5 Å². The Kier molecular flexibility index (Phi) is 9.76. The Balaban J connectivity index is 0.000000646. The van der Waals surface area contributed by atoms with Gasteiger partial charge in [-0.1, -0.05) is 12.1 Å². The molecule has 10 heteroatoms. The molecule has 0 aromatic heterocycles. The summed E-state index contributed by atoms with van der Waals surface area (Å²) in [5.74, 6) is 0.0365. The minimum absolute atomic E-state index is 0.0329. The summed E-state index contributed by atoms with van der Waals surface area (Å²) >= 11 is -5.12. The van der Waals surface area contributed by atoms with Crippen molar-refractivity contribution in [3.8, 4) is 5.75 Å².